The standard InChI is InChI=1S/C8H10N4S/c1-7(10-11-8(9)13)12-5-3-2-4-6-12/h2-6H,1H3,(H2-,9,11,13)/p+1/b10-7-. The van der Waals surface area contributed by atoms with Crippen molar-refractivity contribution in [1.82, 2.24) is 5.43 Å². The lowest BCUT2D eigenvalue weighted by Crippen LogP contribution is -2.42. The minimum absolute atomic E-state index is 0.163. The molecule has 4 nitrogen and oxygen atoms in total. The minimum Gasteiger partial charge on any atom is -0.374 e. The topological polar surface area (TPSA) is 54.3 Å². The van der Waals surface area contributed by atoms with E-state index in [1.165, 1.54) is 0 Å². The van der Waals surface area contributed by atoms with Crippen LogP contribution in [0.5, 0.6) is 0 Å². The molecule has 1 rings (SSSR count). The summed E-state index contributed by atoms with van der Waals surface area (Å²) in [7, 11) is 0. The number of pyridine rings is 1. The minimum atomic E-state index is 0.163. The van der Waals surface area contributed by atoms with Crippen LogP contribution in [-0.2, 0) is 0 Å². The molecule has 0 amide bonds. The molecule has 0 aliphatic carbocycles. The molecule has 0 aromatic carbocycles. The molecular formula is C8H11N4S+. The van der Waals surface area contributed by atoms with Gasteiger partial charge in [0.25, 0.3) is 0 Å². The van der Waals surface area contributed by atoms with Gasteiger partial charge in [0.1, 0.15) is 0 Å². The second-order valence-electron chi connectivity index (χ2n) is 2.42. The molecule has 0 aliphatic heterocycles. The van der Waals surface area contributed by atoms with Gasteiger partial charge < -0.3 is 5.73 Å². The van der Waals surface area contributed by atoms with Gasteiger partial charge in [0.2, 0.25) is 5.11 Å². The third kappa shape index (κ3) is 3.16. The van der Waals surface area contributed by atoms with Crippen LogP contribution >= 0.6 is 12.2 Å². The number of aromatic nitrogens is 1. The zero-order chi connectivity index (χ0) is 9.68. The Kier molecular flexibility index (Phi) is 3.33. The molecule has 1 aromatic rings. The van der Waals surface area contributed by atoms with Crippen LogP contribution in [0.2, 0.25) is 0 Å². The first-order valence-electron chi connectivity index (χ1n) is 3.76. The first kappa shape index (κ1) is 9.60. The Labute approximate surface area is 82.1 Å². The molecule has 0 fully saturated rings. The van der Waals surface area contributed by atoms with Gasteiger partial charge in [-0.3, -0.25) is 0 Å². The van der Waals surface area contributed by atoms with E-state index in [2.05, 4.69) is 22.7 Å². The first-order valence-corrected chi connectivity index (χ1v) is 4.17. The summed E-state index contributed by atoms with van der Waals surface area (Å²) in [5.41, 5.74) is 7.74. The molecule has 0 unspecified atom stereocenters. The Morgan fingerprint density at radius 2 is 2.00 bits per heavy atom. The van der Waals surface area contributed by atoms with Crippen molar-refractivity contribution in [1.29, 1.82) is 0 Å². The zero-order valence-corrected chi connectivity index (χ0v) is 8.08. The highest BCUT2D eigenvalue weighted by molar-refractivity contribution is 7.80. The molecule has 13 heavy (non-hydrogen) atoms. The van der Waals surface area contributed by atoms with Crippen LogP contribution in [0.3, 0.4) is 0 Å². The molecule has 0 atom stereocenters. The molecule has 0 radical (unpaired) electrons. The van der Waals surface area contributed by atoms with Gasteiger partial charge in [-0.1, -0.05) is 6.07 Å². The number of nitrogens with zero attached hydrogens (tertiary/aromatic N) is 2. The highest BCUT2D eigenvalue weighted by Gasteiger charge is 2.02. The molecule has 5 heteroatoms. The summed E-state index contributed by atoms with van der Waals surface area (Å²) in [6.45, 7) is 1.85. The van der Waals surface area contributed by atoms with E-state index >= 15 is 0 Å². The number of hydrogen-bond donors (Lipinski definition) is 2. The molecule has 0 saturated heterocycles. The lowest BCUT2D eigenvalue weighted by Gasteiger charge is -1.93. The van der Waals surface area contributed by atoms with E-state index in [1.54, 1.807) is 0 Å². The fraction of sp³-hybridized carbons (Fsp3) is 0.125. The highest BCUT2D eigenvalue weighted by Crippen LogP contribution is 1.77. The predicted octanol–water partition coefficient (Wildman–Crippen LogP) is -0.0112. The quantitative estimate of drug-likeness (QED) is 0.218. The molecule has 3 N–H and O–H groups in total. The number of thiocarbonyl (C=S) groups is 1. The number of rotatable bonds is 1. The molecule has 0 bridgehead atoms. The third-order valence-electron chi connectivity index (χ3n) is 1.42. The van der Waals surface area contributed by atoms with Crippen molar-refractivity contribution in [2.24, 2.45) is 10.8 Å². The Bertz CT molecular complexity index is 320. The predicted molar refractivity (Wildman–Crippen MR) is 55.1 cm³/mol. The summed E-state index contributed by atoms with van der Waals surface area (Å²) in [6.07, 6.45) is 3.78. The van der Waals surface area contributed by atoms with E-state index in [0.29, 0.717) is 0 Å². The number of hydrogen-bond acceptors (Lipinski definition) is 2. The second kappa shape index (κ2) is 4.51. The van der Waals surface area contributed by atoms with Gasteiger partial charge in [0, 0.05) is 12.0 Å². The van der Waals surface area contributed by atoms with Gasteiger partial charge >= 0.3 is 5.84 Å². The van der Waals surface area contributed by atoms with Crippen LogP contribution in [0.25, 0.3) is 0 Å². The van der Waals surface area contributed by atoms with E-state index in [4.69, 9.17) is 5.73 Å². The maximum absolute atomic E-state index is 5.22. The van der Waals surface area contributed by atoms with Crippen molar-refractivity contribution in [3.63, 3.8) is 0 Å². The summed E-state index contributed by atoms with van der Waals surface area (Å²) >= 11 is 4.61. The molecular weight excluding hydrogens is 184 g/mol. The molecule has 0 aliphatic rings. The van der Waals surface area contributed by atoms with Crippen LogP contribution < -0.4 is 15.7 Å². The normalized spacial score (nSPS) is 11.0. The van der Waals surface area contributed by atoms with E-state index in [-0.39, 0.29) is 5.11 Å². The van der Waals surface area contributed by atoms with Crippen LogP contribution in [0, 0.1) is 0 Å². The molecule has 68 valence electrons. The van der Waals surface area contributed by atoms with Gasteiger partial charge in [-0.05, 0) is 24.4 Å². The number of hydrazone groups is 1. The van der Waals surface area contributed by atoms with Gasteiger partial charge in [0.15, 0.2) is 0 Å². The molecule has 0 spiro atoms. The average Bonchev–Trinajstić information content (AvgIpc) is 2.15. The lowest BCUT2D eigenvalue weighted by atomic mass is 10.5. The van der Waals surface area contributed by atoms with Crippen molar-refractivity contribution in [2.75, 3.05) is 0 Å². The summed E-state index contributed by atoms with van der Waals surface area (Å²) in [6, 6.07) is 5.77. The van der Waals surface area contributed by atoms with Gasteiger partial charge in [0.05, 0.1) is 12.4 Å². The van der Waals surface area contributed by atoms with Crippen molar-refractivity contribution >= 4 is 23.2 Å². The average molecular weight is 195 g/mol. The zero-order valence-electron chi connectivity index (χ0n) is 7.27. The van der Waals surface area contributed by atoms with Crippen LogP contribution in [0.15, 0.2) is 35.7 Å². The molecule has 1 heterocycles. The molecule has 1 aromatic heterocycles. The Morgan fingerprint density at radius 3 is 2.54 bits per heavy atom. The highest BCUT2D eigenvalue weighted by atomic mass is 32.1. The molecule has 0 saturated carbocycles. The monoisotopic (exact) mass is 195 g/mol. The third-order valence-corrected chi connectivity index (χ3v) is 1.51. The maximum Gasteiger partial charge on any atom is 0.325 e. The van der Waals surface area contributed by atoms with Crippen molar-refractivity contribution in [3.8, 4) is 0 Å². The summed E-state index contributed by atoms with van der Waals surface area (Å²) in [5, 5.41) is 4.12. The van der Waals surface area contributed by atoms with E-state index in [0.717, 1.165) is 5.84 Å². The van der Waals surface area contributed by atoms with Gasteiger partial charge in [-0.2, -0.15) is 5.43 Å². The van der Waals surface area contributed by atoms with Crippen molar-refractivity contribution < 1.29 is 4.57 Å². The first-order chi connectivity index (χ1) is 6.20. The maximum atomic E-state index is 5.22. The van der Waals surface area contributed by atoms with E-state index in [1.807, 2.05) is 42.1 Å². The van der Waals surface area contributed by atoms with E-state index < -0.39 is 0 Å². The second-order valence-corrected chi connectivity index (χ2v) is 2.86. The Hall–Kier alpha value is -1.49. The van der Waals surface area contributed by atoms with E-state index in [9.17, 15) is 0 Å². The summed E-state index contributed by atoms with van der Waals surface area (Å²) in [5.74, 6) is 0.772. The lowest BCUT2D eigenvalue weighted by molar-refractivity contribution is -0.556. The van der Waals surface area contributed by atoms with Gasteiger partial charge in [-0.25, -0.2) is 4.57 Å². The Balaban J connectivity index is 2.73. The summed E-state index contributed by atoms with van der Waals surface area (Å²) < 4.78 is 1.85. The summed E-state index contributed by atoms with van der Waals surface area (Å²) in [4.78, 5) is 0. The van der Waals surface area contributed by atoms with Gasteiger partial charge in [-0.15, -0.1) is 0 Å². The van der Waals surface area contributed by atoms with Crippen LogP contribution in [0.1, 0.15) is 6.92 Å². The van der Waals surface area contributed by atoms with Crippen LogP contribution in [-0.4, -0.2) is 10.9 Å². The number of nitrogens with one attached hydrogen (secondary N) is 1. The number of nitrogens with two attached hydrogens (primary N) is 1. The van der Waals surface area contributed by atoms with Crippen molar-refractivity contribution in [3.05, 3.63) is 30.6 Å². The smallest absolute Gasteiger partial charge is 0.325 e. The van der Waals surface area contributed by atoms with Crippen LogP contribution in [0.4, 0.5) is 0 Å². The largest absolute Gasteiger partial charge is 0.374 e. The van der Waals surface area contributed by atoms with Crippen molar-refractivity contribution in [2.45, 2.75) is 6.92 Å². The SMILES string of the molecule is C/C(=N/NC(N)=S)[n+]1ccccc1. The fourth-order valence-corrected chi connectivity index (χ4v) is 0.854. The Morgan fingerprint density at radius 1 is 1.38 bits per heavy atom. The fourth-order valence-electron chi connectivity index (χ4n) is 0.808.